The Hall–Kier alpha value is -2.78. The van der Waals surface area contributed by atoms with Gasteiger partial charge < -0.3 is 20.1 Å². The number of nitrogens with zero attached hydrogens (tertiary/aromatic N) is 2. The molecule has 2 aromatic carbocycles. The number of unbranched alkanes of at least 4 members (excludes halogenated alkanes) is 2. The Kier molecular flexibility index (Phi) is 14.1. The van der Waals surface area contributed by atoms with Crippen molar-refractivity contribution in [1.82, 2.24) is 4.90 Å². The first kappa shape index (κ1) is 36.1. The third kappa shape index (κ3) is 9.63. The summed E-state index contributed by atoms with van der Waals surface area (Å²) in [6.45, 7) is 15.6. The summed E-state index contributed by atoms with van der Waals surface area (Å²) in [5, 5.41) is 6.50. The first-order valence-electron chi connectivity index (χ1n) is 17.7. The summed E-state index contributed by atoms with van der Waals surface area (Å²) in [6.07, 6.45) is 10.1. The zero-order chi connectivity index (χ0) is 32.9. The molecule has 2 amide bonds. The lowest BCUT2D eigenvalue weighted by Crippen LogP contribution is -2.63. The summed E-state index contributed by atoms with van der Waals surface area (Å²) in [7, 11) is 0. The highest BCUT2D eigenvalue weighted by Crippen LogP contribution is 2.30. The van der Waals surface area contributed by atoms with Gasteiger partial charge in [0, 0.05) is 30.9 Å². The van der Waals surface area contributed by atoms with Gasteiger partial charge in [0.2, 0.25) is 5.91 Å². The van der Waals surface area contributed by atoms with Crippen molar-refractivity contribution in [2.75, 3.05) is 56.9 Å². The van der Waals surface area contributed by atoms with Crippen LogP contribution in [-0.2, 0) is 19.1 Å². The number of benzene rings is 2. The van der Waals surface area contributed by atoms with Crippen LogP contribution in [0, 0.1) is 27.7 Å². The molecule has 46 heavy (non-hydrogen) atoms. The van der Waals surface area contributed by atoms with Gasteiger partial charge in [0.1, 0.15) is 0 Å². The maximum atomic E-state index is 13.7. The van der Waals surface area contributed by atoms with Crippen LogP contribution < -0.4 is 10.6 Å². The van der Waals surface area contributed by atoms with Gasteiger partial charge in [-0.3, -0.25) is 19.0 Å². The average Bonchev–Trinajstić information content (AvgIpc) is 3.05. The van der Waals surface area contributed by atoms with E-state index in [9.17, 15) is 9.59 Å². The molecule has 0 aliphatic carbocycles. The standard InChI is InChI=1S/C38H58N4O4/c1-6-7-23-42(24-11-9-21-34(42)38(44)40-36-31(4)18-15-19-32(36)5)28-46-26-13-12-25-45-27-41-22-10-8-20-33(41)37(43)39-35-29(2)16-14-17-30(35)3/h14-19,33-34H,6-13,20-28H2,1-5H3,(H-,39,40,43,44)/p+1. The highest BCUT2D eigenvalue weighted by atomic mass is 16.5. The van der Waals surface area contributed by atoms with E-state index >= 15 is 0 Å². The van der Waals surface area contributed by atoms with E-state index in [2.05, 4.69) is 48.4 Å². The number of hydrogen-bond donors (Lipinski definition) is 2. The lowest BCUT2D eigenvalue weighted by molar-refractivity contribution is -0.964. The number of rotatable bonds is 16. The highest BCUT2D eigenvalue weighted by Gasteiger charge is 2.44. The Labute approximate surface area is 277 Å². The molecule has 0 aromatic heterocycles. The fourth-order valence-electron chi connectivity index (χ4n) is 7.25. The summed E-state index contributed by atoms with van der Waals surface area (Å²) in [5.74, 6) is 0.192. The fourth-order valence-corrected chi connectivity index (χ4v) is 7.25. The number of ether oxygens (including phenoxy) is 2. The van der Waals surface area contributed by atoms with E-state index in [1.807, 2.05) is 38.1 Å². The van der Waals surface area contributed by atoms with Crippen molar-refractivity contribution in [2.24, 2.45) is 0 Å². The quantitative estimate of drug-likeness (QED) is 0.150. The van der Waals surface area contributed by atoms with Crippen molar-refractivity contribution in [3.8, 4) is 0 Å². The number of carbonyl (C=O) groups is 2. The predicted octanol–water partition coefficient (Wildman–Crippen LogP) is 7.25. The number of amides is 2. The molecular formula is C38H59N4O4+. The van der Waals surface area contributed by atoms with Crippen molar-refractivity contribution in [3.05, 3.63) is 58.7 Å². The van der Waals surface area contributed by atoms with Crippen LogP contribution in [0.1, 0.15) is 93.4 Å². The molecule has 254 valence electrons. The van der Waals surface area contributed by atoms with Crippen LogP contribution in [0.3, 0.4) is 0 Å². The molecule has 2 fully saturated rings. The minimum Gasteiger partial charge on any atom is -0.366 e. The van der Waals surface area contributed by atoms with E-state index in [0.717, 1.165) is 122 Å². The van der Waals surface area contributed by atoms with Crippen LogP contribution in [0.15, 0.2) is 36.4 Å². The molecule has 2 heterocycles. The molecule has 2 aliphatic rings. The number of carbonyl (C=O) groups excluding carboxylic acids is 2. The molecule has 0 saturated carbocycles. The van der Waals surface area contributed by atoms with Gasteiger partial charge in [-0.2, -0.15) is 0 Å². The minimum absolute atomic E-state index is 0.0629. The van der Waals surface area contributed by atoms with Gasteiger partial charge in [-0.05, 0) is 94.9 Å². The van der Waals surface area contributed by atoms with Crippen LogP contribution in [0.5, 0.6) is 0 Å². The summed E-state index contributed by atoms with van der Waals surface area (Å²) in [4.78, 5) is 29.2. The van der Waals surface area contributed by atoms with Crippen molar-refractivity contribution in [1.29, 1.82) is 0 Å². The molecule has 8 nitrogen and oxygen atoms in total. The van der Waals surface area contributed by atoms with Gasteiger partial charge >= 0.3 is 0 Å². The number of hydrogen-bond acceptors (Lipinski definition) is 5. The SMILES string of the molecule is CCCC[N+]1(COCCCCOCN2CCCCC2C(=O)Nc2c(C)cccc2C)CCCCC1C(=O)Nc1c(C)cccc1C. The largest absolute Gasteiger partial charge is 0.366 e. The van der Waals surface area contributed by atoms with E-state index in [4.69, 9.17) is 9.47 Å². The highest BCUT2D eigenvalue weighted by molar-refractivity contribution is 5.96. The van der Waals surface area contributed by atoms with Crippen LogP contribution in [0.4, 0.5) is 11.4 Å². The molecule has 3 atom stereocenters. The molecule has 3 unspecified atom stereocenters. The van der Waals surface area contributed by atoms with Gasteiger partial charge in [-0.1, -0.05) is 56.2 Å². The molecule has 4 rings (SSSR count). The Morgan fingerprint density at radius 2 is 1.37 bits per heavy atom. The van der Waals surface area contributed by atoms with Crippen LogP contribution in [0.2, 0.25) is 0 Å². The second-order valence-corrected chi connectivity index (χ2v) is 13.6. The molecular weight excluding hydrogens is 576 g/mol. The van der Waals surface area contributed by atoms with Gasteiger partial charge in [0.25, 0.3) is 5.91 Å². The molecule has 0 radical (unpaired) electrons. The van der Waals surface area contributed by atoms with Gasteiger partial charge in [-0.15, -0.1) is 0 Å². The molecule has 2 saturated heterocycles. The topological polar surface area (TPSA) is 79.9 Å². The summed E-state index contributed by atoms with van der Waals surface area (Å²) >= 11 is 0. The number of likely N-dealkylation sites (tertiary alicyclic amines) is 2. The van der Waals surface area contributed by atoms with Crippen molar-refractivity contribution in [3.63, 3.8) is 0 Å². The second-order valence-electron chi connectivity index (χ2n) is 13.6. The number of aryl methyl sites for hydroxylation is 4. The average molecular weight is 636 g/mol. The summed E-state index contributed by atoms with van der Waals surface area (Å²) < 4.78 is 13.1. The van der Waals surface area contributed by atoms with Crippen molar-refractivity contribution >= 4 is 23.2 Å². The molecule has 0 spiro atoms. The predicted molar refractivity (Wildman–Crippen MR) is 187 cm³/mol. The van der Waals surface area contributed by atoms with Gasteiger partial charge in [-0.25, -0.2) is 0 Å². The van der Waals surface area contributed by atoms with Crippen molar-refractivity contribution < 1.29 is 23.5 Å². The second kappa shape index (κ2) is 17.9. The van der Waals surface area contributed by atoms with E-state index in [0.29, 0.717) is 26.7 Å². The first-order chi connectivity index (χ1) is 22.3. The number of para-hydroxylation sites is 2. The number of quaternary nitrogens is 1. The Morgan fingerprint density at radius 3 is 2.00 bits per heavy atom. The van der Waals surface area contributed by atoms with Gasteiger partial charge in [0.05, 0.1) is 32.5 Å². The molecule has 2 aromatic rings. The van der Waals surface area contributed by atoms with E-state index in [1.165, 1.54) is 0 Å². The molecule has 8 heteroatoms. The first-order valence-corrected chi connectivity index (χ1v) is 17.7. The normalized spacial score (nSPS) is 22.0. The molecule has 2 aliphatic heterocycles. The van der Waals surface area contributed by atoms with Crippen molar-refractivity contribution in [2.45, 2.75) is 111 Å². The number of nitrogens with one attached hydrogen (secondary N) is 2. The van der Waals surface area contributed by atoms with E-state index < -0.39 is 0 Å². The Bertz CT molecular complexity index is 1240. The van der Waals surface area contributed by atoms with Crippen LogP contribution >= 0.6 is 0 Å². The monoisotopic (exact) mass is 635 g/mol. The zero-order valence-corrected chi connectivity index (χ0v) is 29.2. The van der Waals surface area contributed by atoms with E-state index in [1.54, 1.807) is 0 Å². The zero-order valence-electron chi connectivity index (χ0n) is 29.2. The fraction of sp³-hybridized carbons (Fsp3) is 0.632. The maximum absolute atomic E-state index is 13.7. The third-order valence-corrected chi connectivity index (χ3v) is 10.1. The van der Waals surface area contributed by atoms with Gasteiger partial charge in [0.15, 0.2) is 12.8 Å². The summed E-state index contributed by atoms with van der Waals surface area (Å²) in [6, 6.07) is 12.0. The smallest absolute Gasteiger partial charge is 0.282 e. The van der Waals surface area contributed by atoms with Crippen LogP contribution in [-0.4, -0.2) is 79.6 Å². The molecule has 0 bridgehead atoms. The number of anilines is 2. The Morgan fingerprint density at radius 1 is 0.783 bits per heavy atom. The maximum Gasteiger partial charge on any atom is 0.282 e. The van der Waals surface area contributed by atoms with E-state index in [-0.39, 0.29) is 23.9 Å². The lowest BCUT2D eigenvalue weighted by Gasteiger charge is -2.46. The number of piperidine rings is 2. The van der Waals surface area contributed by atoms with Crippen LogP contribution in [0.25, 0.3) is 0 Å². The lowest BCUT2D eigenvalue weighted by atomic mass is 9.96. The molecule has 2 N–H and O–H groups in total. The minimum atomic E-state index is -0.163. The Balaban J connectivity index is 1.22. The summed E-state index contributed by atoms with van der Waals surface area (Å²) in [5.41, 5.74) is 6.25. The third-order valence-electron chi connectivity index (χ3n) is 10.1.